The predicted octanol–water partition coefficient (Wildman–Crippen LogP) is 2.28. The Hall–Kier alpha value is -1.59. The largest absolute Gasteiger partial charge is 0.375 e. The van der Waals surface area contributed by atoms with Crippen LogP contribution < -0.4 is 0 Å². The van der Waals surface area contributed by atoms with E-state index in [1.54, 1.807) is 4.90 Å². The van der Waals surface area contributed by atoms with Gasteiger partial charge in [0.2, 0.25) is 0 Å². The molecule has 1 aromatic carbocycles. The van der Waals surface area contributed by atoms with Crippen molar-refractivity contribution in [1.82, 2.24) is 9.80 Å². The van der Waals surface area contributed by atoms with Crippen LogP contribution in [0.5, 0.6) is 0 Å². The molecule has 0 N–H and O–H groups in total. The number of hydrogen-bond donors (Lipinski definition) is 0. The second-order valence-electron chi connectivity index (χ2n) is 5.30. The summed E-state index contributed by atoms with van der Waals surface area (Å²) < 4.78 is 5.53. The summed E-state index contributed by atoms with van der Waals surface area (Å²) in [5, 5.41) is 0.688. The Balaban J connectivity index is 1.46. The third kappa shape index (κ3) is 2.89. The monoisotopic (exact) mass is 308 g/mol. The maximum Gasteiger partial charge on any atom is 0.327 e. The van der Waals surface area contributed by atoms with Crippen LogP contribution in [0, 0.1) is 0 Å². The van der Waals surface area contributed by atoms with Crippen molar-refractivity contribution in [2.45, 2.75) is 25.5 Å². The molecule has 2 aliphatic rings. The fourth-order valence-corrected chi connectivity index (χ4v) is 2.94. The van der Waals surface area contributed by atoms with E-state index in [1.807, 2.05) is 24.3 Å². The van der Waals surface area contributed by atoms with Crippen LogP contribution >= 0.6 is 11.6 Å². The first-order valence-electron chi connectivity index (χ1n) is 7.11. The first-order valence-corrected chi connectivity index (χ1v) is 7.49. The fourth-order valence-electron chi connectivity index (χ4n) is 2.81. The molecule has 0 radical (unpaired) electrons. The maximum atomic E-state index is 12.1. The topological polar surface area (TPSA) is 49.9 Å². The van der Waals surface area contributed by atoms with Crippen LogP contribution in [0.3, 0.4) is 0 Å². The number of nitrogens with zero attached hydrogens (tertiary/aromatic N) is 2. The second kappa shape index (κ2) is 6.03. The third-order valence-electron chi connectivity index (χ3n) is 3.92. The number of urea groups is 1. The standard InChI is InChI=1S/C15H17ClN2O3/c16-12-5-3-11(4-6-12)10-21-9-8-18-14(19)13-2-1-7-17(13)15(18)20/h3-6,13H,1-2,7-10H2. The summed E-state index contributed by atoms with van der Waals surface area (Å²) in [4.78, 5) is 27.1. The minimum Gasteiger partial charge on any atom is -0.375 e. The Bertz CT molecular complexity index is 524. The summed E-state index contributed by atoms with van der Waals surface area (Å²) in [7, 11) is 0. The lowest BCUT2D eigenvalue weighted by Crippen LogP contribution is -2.35. The van der Waals surface area contributed by atoms with E-state index in [-0.39, 0.29) is 18.0 Å². The number of fused-ring (bicyclic) bond motifs is 1. The van der Waals surface area contributed by atoms with Crippen molar-refractivity contribution in [2.24, 2.45) is 0 Å². The molecule has 0 bridgehead atoms. The van der Waals surface area contributed by atoms with Gasteiger partial charge in [0, 0.05) is 11.6 Å². The molecule has 1 atom stereocenters. The van der Waals surface area contributed by atoms with E-state index in [0.29, 0.717) is 31.3 Å². The number of hydrogen-bond acceptors (Lipinski definition) is 3. The van der Waals surface area contributed by atoms with Crippen LogP contribution in [0.25, 0.3) is 0 Å². The van der Waals surface area contributed by atoms with Crippen LogP contribution in [-0.2, 0) is 16.1 Å². The molecule has 21 heavy (non-hydrogen) atoms. The number of carbonyl (C=O) groups excluding carboxylic acids is 2. The predicted molar refractivity (Wildman–Crippen MR) is 77.9 cm³/mol. The van der Waals surface area contributed by atoms with Crippen molar-refractivity contribution in [3.8, 4) is 0 Å². The normalized spacial score (nSPS) is 21.3. The van der Waals surface area contributed by atoms with E-state index >= 15 is 0 Å². The minimum atomic E-state index is -0.228. The maximum absolute atomic E-state index is 12.1. The zero-order valence-electron chi connectivity index (χ0n) is 11.6. The van der Waals surface area contributed by atoms with Crippen molar-refractivity contribution < 1.29 is 14.3 Å². The Morgan fingerprint density at radius 2 is 2.00 bits per heavy atom. The summed E-state index contributed by atoms with van der Waals surface area (Å²) in [5.41, 5.74) is 1.01. The van der Waals surface area contributed by atoms with E-state index < -0.39 is 0 Å². The number of rotatable bonds is 5. The molecule has 112 valence electrons. The van der Waals surface area contributed by atoms with Gasteiger partial charge >= 0.3 is 6.03 Å². The highest BCUT2D eigenvalue weighted by molar-refractivity contribution is 6.30. The van der Waals surface area contributed by atoms with Gasteiger partial charge in [-0.05, 0) is 30.5 Å². The molecule has 0 saturated carbocycles. The molecule has 0 spiro atoms. The Morgan fingerprint density at radius 3 is 2.71 bits per heavy atom. The van der Waals surface area contributed by atoms with Gasteiger partial charge < -0.3 is 9.64 Å². The molecule has 3 rings (SSSR count). The Kier molecular flexibility index (Phi) is 4.12. The highest BCUT2D eigenvalue weighted by Gasteiger charge is 2.46. The van der Waals surface area contributed by atoms with Crippen LogP contribution in [0.1, 0.15) is 18.4 Å². The first-order chi connectivity index (χ1) is 10.2. The molecule has 6 heteroatoms. The van der Waals surface area contributed by atoms with Gasteiger partial charge in [-0.3, -0.25) is 9.69 Å². The molecule has 0 aromatic heterocycles. The number of benzene rings is 1. The van der Waals surface area contributed by atoms with Gasteiger partial charge in [0.25, 0.3) is 5.91 Å². The summed E-state index contributed by atoms with van der Waals surface area (Å²) in [6.45, 7) is 1.80. The average molecular weight is 309 g/mol. The molecule has 3 amide bonds. The van der Waals surface area contributed by atoms with Crippen LogP contribution in [0.2, 0.25) is 5.02 Å². The average Bonchev–Trinajstić information content (AvgIpc) is 3.04. The van der Waals surface area contributed by atoms with Crippen LogP contribution in [0.4, 0.5) is 4.79 Å². The van der Waals surface area contributed by atoms with Gasteiger partial charge in [-0.2, -0.15) is 0 Å². The quantitative estimate of drug-likeness (QED) is 0.619. The molecular weight excluding hydrogens is 292 g/mol. The zero-order chi connectivity index (χ0) is 14.8. The van der Waals surface area contributed by atoms with Crippen LogP contribution in [0.15, 0.2) is 24.3 Å². The molecule has 1 unspecified atom stereocenters. The van der Waals surface area contributed by atoms with E-state index in [2.05, 4.69) is 0 Å². The van der Waals surface area contributed by atoms with E-state index in [9.17, 15) is 9.59 Å². The third-order valence-corrected chi connectivity index (χ3v) is 4.17. The van der Waals surface area contributed by atoms with Gasteiger partial charge in [0.1, 0.15) is 6.04 Å². The van der Waals surface area contributed by atoms with Gasteiger partial charge in [-0.25, -0.2) is 4.79 Å². The number of carbonyl (C=O) groups is 2. The highest BCUT2D eigenvalue weighted by atomic mass is 35.5. The lowest BCUT2D eigenvalue weighted by molar-refractivity contribution is -0.128. The second-order valence-corrected chi connectivity index (χ2v) is 5.74. The fraction of sp³-hybridized carbons (Fsp3) is 0.467. The van der Waals surface area contributed by atoms with E-state index in [0.717, 1.165) is 18.4 Å². The van der Waals surface area contributed by atoms with Crippen molar-refractivity contribution in [3.63, 3.8) is 0 Å². The number of halogens is 1. The smallest absolute Gasteiger partial charge is 0.327 e. The van der Waals surface area contributed by atoms with Gasteiger partial charge in [-0.1, -0.05) is 23.7 Å². The molecule has 2 saturated heterocycles. The lowest BCUT2D eigenvalue weighted by Gasteiger charge is -2.15. The number of ether oxygens (including phenoxy) is 1. The molecule has 2 aliphatic heterocycles. The first kappa shape index (κ1) is 14.4. The Morgan fingerprint density at radius 1 is 1.24 bits per heavy atom. The highest BCUT2D eigenvalue weighted by Crippen LogP contribution is 2.26. The Labute approximate surface area is 128 Å². The van der Waals surface area contributed by atoms with Crippen LogP contribution in [-0.4, -0.2) is 47.5 Å². The van der Waals surface area contributed by atoms with Crippen molar-refractivity contribution in [3.05, 3.63) is 34.9 Å². The molecular formula is C15H17ClN2O3. The number of imide groups is 1. The van der Waals surface area contributed by atoms with Crippen molar-refractivity contribution >= 4 is 23.5 Å². The van der Waals surface area contributed by atoms with Gasteiger partial charge in [-0.15, -0.1) is 0 Å². The molecule has 5 nitrogen and oxygen atoms in total. The van der Waals surface area contributed by atoms with E-state index in [1.165, 1.54) is 4.90 Å². The summed E-state index contributed by atoms with van der Waals surface area (Å²) in [5.74, 6) is -0.0763. The van der Waals surface area contributed by atoms with Crippen molar-refractivity contribution in [2.75, 3.05) is 19.7 Å². The molecule has 1 aromatic rings. The summed E-state index contributed by atoms with van der Waals surface area (Å²) in [6, 6.07) is 7.01. The minimum absolute atomic E-state index is 0.0763. The van der Waals surface area contributed by atoms with Gasteiger partial charge in [0.15, 0.2) is 0 Å². The van der Waals surface area contributed by atoms with Crippen molar-refractivity contribution in [1.29, 1.82) is 0 Å². The molecule has 2 heterocycles. The van der Waals surface area contributed by atoms with Gasteiger partial charge in [0.05, 0.1) is 19.8 Å². The zero-order valence-corrected chi connectivity index (χ0v) is 12.4. The summed E-state index contributed by atoms with van der Waals surface area (Å²) >= 11 is 5.81. The molecule has 0 aliphatic carbocycles. The lowest BCUT2D eigenvalue weighted by atomic mass is 10.2. The van der Waals surface area contributed by atoms with E-state index in [4.69, 9.17) is 16.3 Å². The SMILES string of the molecule is O=C1C2CCCN2C(=O)N1CCOCc1ccc(Cl)cc1. The summed E-state index contributed by atoms with van der Waals surface area (Å²) in [6.07, 6.45) is 1.70. The number of amides is 3. The molecule has 2 fully saturated rings.